The van der Waals surface area contributed by atoms with Crippen LogP contribution in [0.2, 0.25) is 0 Å². The molecule has 0 aliphatic carbocycles. The zero-order valence-electron chi connectivity index (χ0n) is 8.71. The lowest BCUT2D eigenvalue weighted by Gasteiger charge is -2.16. The van der Waals surface area contributed by atoms with Crippen LogP contribution < -0.4 is 5.32 Å². The number of hydrogen-bond acceptors (Lipinski definition) is 2. The van der Waals surface area contributed by atoms with Gasteiger partial charge >= 0.3 is 0 Å². The van der Waals surface area contributed by atoms with E-state index in [1.165, 1.54) is 11.1 Å². The normalized spacial score (nSPS) is 12.7. The number of rotatable bonds is 3. The van der Waals surface area contributed by atoms with Crippen LogP contribution in [0.5, 0.6) is 0 Å². The van der Waals surface area contributed by atoms with Crippen LogP contribution in [0.15, 0.2) is 44.0 Å². The van der Waals surface area contributed by atoms with Crippen molar-refractivity contribution >= 4 is 43.2 Å². The SMILES string of the molecule is CNC(c1cccc(Br)c1)c1cscc1Br. The molecule has 0 saturated heterocycles. The molecule has 0 saturated carbocycles. The smallest absolute Gasteiger partial charge is 0.0594 e. The summed E-state index contributed by atoms with van der Waals surface area (Å²) in [6.45, 7) is 0. The highest BCUT2D eigenvalue weighted by atomic mass is 79.9. The van der Waals surface area contributed by atoms with Crippen LogP contribution in [-0.2, 0) is 0 Å². The Morgan fingerprint density at radius 1 is 1.25 bits per heavy atom. The van der Waals surface area contributed by atoms with Crippen LogP contribution in [0.25, 0.3) is 0 Å². The minimum atomic E-state index is 0.234. The van der Waals surface area contributed by atoms with Crippen molar-refractivity contribution in [2.24, 2.45) is 0 Å². The van der Waals surface area contributed by atoms with Crippen LogP contribution in [0.1, 0.15) is 17.2 Å². The van der Waals surface area contributed by atoms with Gasteiger partial charge in [-0.3, -0.25) is 0 Å². The third kappa shape index (κ3) is 2.56. The largest absolute Gasteiger partial charge is 0.309 e. The minimum absolute atomic E-state index is 0.234. The van der Waals surface area contributed by atoms with Gasteiger partial charge < -0.3 is 5.32 Å². The Morgan fingerprint density at radius 2 is 2.06 bits per heavy atom. The number of hydrogen-bond donors (Lipinski definition) is 1. The first-order valence-corrected chi connectivity index (χ1v) is 7.39. The van der Waals surface area contributed by atoms with Gasteiger partial charge in [0.25, 0.3) is 0 Å². The maximum atomic E-state index is 3.58. The van der Waals surface area contributed by atoms with Gasteiger partial charge in [0, 0.05) is 14.3 Å². The number of benzene rings is 1. The summed E-state index contributed by atoms with van der Waals surface area (Å²) in [5.74, 6) is 0. The fourth-order valence-electron chi connectivity index (χ4n) is 1.69. The zero-order valence-corrected chi connectivity index (χ0v) is 12.7. The van der Waals surface area contributed by atoms with Gasteiger partial charge in [0.1, 0.15) is 0 Å². The van der Waals surface area contributed by atoms with Gasteiger partial charge in [0.15, 0.2) is 0 Å². The molecule has 1 aromatic carbocycles. The lowest BCUT2D eigenvalue weighted by Crippen LogP contribution is -2.17. The highest BCUT2D eigenvalue weighted by Gasteiger charge is 2.15. The van der Waals surface area contributed by atoms with E-state index < -0.39 is 0 Å². The molecule has 0 spiro atoms. The summed E-state index contributed by atoms with van der Waals surface area (Å²) in [5, 5.41) is 7.63. The molecule has 84 valence electrons. The molecule has 1 heterocycles. The van der Waals surface area contributed by atoms with E-state index in [1.54, 1.807) is 11.3 Å². The molecule has 4 heteroatoms. The predicted octanol–water partition coefficient (Wildman–Crippen LogP) is 4.58. The third-order valence-corrected chi connectivity index (χ3v) is 4.67. The van der Waals surface area contributed by atoms with Crippen LogP contribution in [0.3, 0.4) is 0 Å². The summed E-state index contributed by atoms with van der Waals surface area (Å²) in [6.07, 6.45) is 0. The second-order valence-electron chi connectivity index (χ2n) is 3.45. The van der Waals surface area contributed by atoms with Crippen molar-refractivity contribution < 1.29 is 0 Å². The zero-order chi connectivity index (χ0) is 11.5. The topological polar surface area (TPSA) is 12.0 Å². The molecule has 1 nitrogen and oxygen atoms in total. The molecule has 0 aliphatic heterocycles. The Labute approximate surface area is 116 Å². The quantitative estimate of drug-likeness (QED) is 0.844. The maximum absolute atomic E-state index is 3.58. The van der Waals surface area contributed by atoms with Crippen molar-refractivity contribution in [3.8, 4) is 0 Å². The van der Waals surface area contributed by atoms with Crippen LogP contribution in [-0.4, -0.2) is 7.05 Å². The lowest BCUT2D eigenvalue weighted by molar-refractivity contribution is 0.691. The summed E-state index contributed by atoms with van der Waals surface area (Å²) >= 11 is 8.80. The van der Waals surface area contributed by atoms with E-state index in [0.29, 0.717) is 0 Å². The minimum Gasteiger partial charge on any atom is -0.309 e. The summed E-state index contributed by atoms with van der Waals surface area (Å²) in [4.78, 5) is 0. The average molecular weight is 361 g/mol. The van der Waals surface area contributed by atoms with E-state index in [4.69, 9.17) is 0 Å². The molecular formula is C12H11Br2NS. The van der Waals surface area contributed by atoms with Gasteiger partial charge in [-0.2, -0.15) is 11.3 Å². The molecule has 1 N–H and O–H groups in total. The molecule has 0 amide bonds. The Balaban J connectivity index is 2.40. The molecule has 0 radical (unpaired) electrons. The molecule has 1 atom stereocenters. The molecule has 1 unspecified atom stereocenters. The Kier molecular flexibility index (Phi) is 4.19. The molecule has 2 aromatic rings. The van der Waals surface area contributed by atoms with Crippen molar-refractivity contribution in [3.05, 3.63) is 55.1 Å². The molecule has 1 aromatic heterocycles. The van der Waals surface area contributed by atoms with E-state index >= 15 is 0 Å². The van der Waals surface area contributed by atoms with Crippen LogP contribution >= 0.6 is 43.2 Å². The van der Waals surface area contributed by atoms with E-state index in [9.17, 15) is 0 Å². The molecule has 0 aliphatic rings. The average Bonchev–Trinajstić information content (AvgIpc) is 2.67. The third-order valence-electron chi connectivity index (χ3n) is 2.42. The van der Waals surface area contributed by atoms with E-state index in [-0.39, 0.29) is 6.04 Å². The first kappa shape index (κ1) is 12.3. The van der Waals surface area contributed by atoms with Gasteiger partial charge in [0.05, 0.1) is 6.04 Å². The summed E-state index contributed by atoms with van der Waals surface area (Å²) in [5.41, 5.74) is 2.54. The van der Waals surface area contributed by atoms with Crippen molar-refractivity contribution in [2.75, 3.05) is 7.05 Å². The van der Waals surface area contributed by atoms with Crippen LogP contribution in [0.4, 0.5) is 0 Å². The Morgan fingerprint density at radius 3 is 2.62 bits per heavy atom. The van der Waals surface area contributed by atoms with E-state index in [2.05, 4.69) is 66.1 Å². The van der Waals surface area contributed by atoms with Gasteiger partial charge in [-0.25, -0.2) is 0 Å². The van der Waals surface area contributed by atoms with Gasteiger partial charge in [-0.15, -0.1) is 0 Å². The van der Waals surface area contributed by atoms with E-state index in [0.717, 1.165) is 8.95 Å². The number of nitrogens with one attached hydrogen (secondary N) is 1. The van der Waals surface area contributed by atoms with Gasteiger partial charge in [-0.05, 0) is 51.6 Å². The summed E-state index contributed by atoms with van der Waals surface area (Å²) < 4.78 is 2.27. The van der Waals surface area contributed by atoms with Crippen molar-refractivity contribution in [3.63, 3.8) is 0 Å². The first-order chi connectivity index (χ1) is 7.72. The van der Waals surface area contributed by atoms with Gasteiger partial charge in [-0.1, -0.05) is 28.1 Å². The lowest BCUT2D eigenvalue weighted by atomic mass is 10.0. The molecule has 0 fully saturated rings. The van der Waals surface area contributed by atoms with Crippen molar-refractivity contribution in [1.29, 1.82) is 0 Å². The Hall–Kier alpha value is -0.160. The summed E-state index contributed by atoms with van der Waals surface area (Å²) in [7, 11) is 1.98. The van der Waals surface area contributed by atoms with Crippen LogP contribution in [0, 0.1) is 0 Å². The van der Waals surface area contributed by atoms with Gasteiger partial charge in [0.2, 0.25) is 0 Å². The fourth-order valence-corrected chi connectivity index (χ4v) is 3.65. The fraction of sp³-hybridized carbons (Fsp3) is 0.167. The molecule has 2 rings (SSSR count). The Bertz CT molecular complexity index is 481. The second kappa shape index (κ2) is 5.45. The standard InChI is InChI=1S/C12H11Br2NS/c1-15-12(10-6-16-7-11(10)14)8-3-2-4-9(13)5-8/h2-7,12,15H,1H3. The van der Waals surface area contributed by atoms with E-state index in [1.807, 2.05) is 13.1 Å². The molecule has 0 bridgehead atoms. The first-order valence-electron chi connectivity index (χ1n) is 4.86. The highest BCUT2D eigenvalue weighted by Crippen LogP contribution is 2.32. The van der Waals surface area contributed by atoms with Crippen molar-refractivity contribution in [1.82, 2.24) is 5.32 Å². The predicted molar refractivity (Wildman–Crippen MR) is 77.1 cm³/mol. The molecular weight excluding hydrogens is 350 g/mol. The van der Waals surface area contributed by atoms with Crippen molar-refractivity contribution in [2.45, 2.75) is 6.04 Å². The molecule has 16 heavy (non-hydrogen) atoms. The second-order valence-corrected chi connectivity index (χ2v) is 5.97. The highest BCUT2D eigenvalue weighted by molar-refractivity contribution is 9.10. The number of halogens is 2. The maximum Gasteiger partial charge on any atom is 0.0594 e. The summed E-state index contributed by atoms with van der Waals surface area (Å²) in [6, 6.07) is 8.61. The monoisotopic (exact) mass is 359 g/mol. The number of thiophene rings is 1.